The van der Waals surface area contributed by atoms with Crippen LogP contribution in [0.1, 0.15) is 18.7 Å². The van der Waals surface area contributed by atoms with Gasteiger partial charge in [-0.05, 0) is 25.0 Å². The highest BCUT2D eigenvalue weighted by Gasteiger charge is 2.49. The summed E-state index contributed by atoms with van der Waals surface area (Å²) in [5.41, 5.74) is 1.84. The van der Waals surface area contributed by atoms with Gasteiger partial charge in [0.15, 0.2) is 11.5 Å². The number of oxazole rings is 1. The molecule has 1 saturated carbocycles. The van der Waals surface area contributed by atoms with Gasteiger partial charge in [0.25, 0.3) is 0 Å². The van der Waals surface area contributed by atoms with Crippen molar-refractivity contribution < 1.29 is 14.3 Å². The van der Waals surface area contributed by atoms with Crippen molar-refractivity contribution in [1.82, 2.24) is 4.98 Å². The number of hydrogen-bond donors (Lipinski definition) is 2. The summed E-state index contributed by atoms with van der Waals surface area (Å²) in [7, 11) is 0. The molecule has 3 rings (SSSR count). The zero-order valence-electron chi connectivity index (χ0n) is 10.1. The van der Waals surface area contributed by atoms with Crippen LogP contribution in [-0.4, -0.2) is 22.6 Å². The van der Waals surface area contributed by atoms with Crippen LogP contribution in [-0.2, 0) is 4.79 Å². The zero-order valence-corrected chi connectivity index (χ0v) is 10.1. The molecule has 1 fully saturated rings. The van der Waals surface area contributed by atoms with Crippen LogP contribution >= 0.6 is 0 Å². The highest BCUT2D eigenvalue weighted by molar-refractivity contribution is 5.80. The molecule has 0 atom stereocenters. The molecule has 2 aromatic rings. The van der Waals surface area contributed by atoms with Gasteiger partial charge in [0.2, 0.25) is 0 Å². The van der Waals surface area contributed by atoms with E-state index >= 15 is 0 Å². The topological polar surface area (TPSA) is 75.4 Å². The Morgan fingerprint density at radius 3 is 3.00 bits per heavy atom. The third kappa shape index (κ3) is 1.81. The van der Waals surface area contributed by atoms with E-state index in [1.54, 1.807) is 6.92 Å². The van der Waals surface area contributed by atoms with E-state index < -0.39 is 11.4 Å². The second-order valence-corrected chi connectivity index (χ2v) is 4.85. The summed E-state index contributed by atoms with van der Waals surface area (Å²) in [4.78, 5) is 15.3. The molecule has 0 bridgehead atoms. The minimum absolute atomic E-state index is 0.459. The van der Waals surface area contributed by atoms with Gasteiger partial charge in [-0.1, -0.05) is 0 Å². The first kappa shape index (κ1) is 11.1. The third-order valence-corrected chi connectivity index (χ3v) is 3.43. The Kier molecular flexibility index (Phi) is 2.29. The number of anilines is 1. The number of hydrogen-bond acceptors (Lipinski definition) is 4. The van der Waals surface area contributed by atoms with Crippen molar-refractivity contribution in [3.63, 3.8) is 0 Å². The lowest BCUT2D eigenvalue weighted by molar-refractivity contribution is -0.142. The van der Waals surface area contributed by atoms with Gasteiger partial charge in [-0.3, -0.25) is 4.79 Å². The Bertz CT molecular complexity index is 614. The molecule has 0 spiro atoms. The van der Waals surface area contributed by atoms with E-state index in [1.165, 1.54) is 0 Å². The lowest BCUT2D eigenvalue weighted by Crippen LogP contribution is -2.24. The van der Waals surface area contributed by atoms with Gasteiger partial charge in [0.05, 0.1) is 5.41 Å². The maximum atomic E-state index is 11.1. The van der Waals surface area contributed by atoms with Crippen molar-refractivity contribution in [2.24, 2.45) is 5.41 Å². The van der Waals surface area contributed by atoms with Crippen molar-refractivity contribution in [3.05, 3.63) is 24.1 Å². The second-order valence-electron chi connectivity index (χ2n) is 4.85. The standard InChI is InChI=1S/C13H14N2O3/c1-8-15-10-3-2-9(6-11(10)18-8)14-7-13(4-5-13)12(16)17/h2-3,6,14H,4-5,7H2,1H3,(H,16,17). The highest BCUT2D eigenvalue weighted by atomic mass is 16.4. The van der Waals surface area contributed by atoms with Crippen LogP contribution < -0.4 is 5.32 Å². The van der Waals surface area contributed by atoms with Crippen molar-refractivity contribution in [2.75, 3.05) is 11.9 Å². The molecule has 2 N–H and O–H groups in total. The van der Waals surface area contributed by atoms with Crippen LogP contribution in [0.4, 0.5) is 5.69 Å². The largest absolute Gasteiger partial charge is 0.481 e. The first-order valence-corrected chi connectivity index (χ1v) is 5.94. The Morgan fingerprint density at radius 2 is 2.33 bits per heavy atom. The summed E-state index contributed by atoms with van der Waals surface area (Å²) >= 11 is 0. The SMILES string of the molecule is Cc1nc2ccc(NCC3(C(=O)O)CC3)cc2o1. The predicted octanol–water partition coefficient (Wildman–Crippen LogP) is 2.41. The molecule has 1 aliphatic rings. The quantitative estimate of drug-likeness (QED) is 0.866. The van der Waals surface area contributed by atoms with Crippen LogP contribution in [0, 0.1) is 12.3 Å². The number of aromatic nitrogens is 1. The molecule has 18 heavy (non-hydrogen) atoms. The predicted molar refractivity (Wildman–Crippen MR) is 66.5 cm³/mol. The molecule has 94 valence electrons. The minimum Gasteiger partial charge on any atom is -0.481 e. The fourth-order valence-electron chi connectivity index (χ4n) is 2.04. The van der Waals surface area contributed by atoms with Crippen molar-refractivity contribution >= 4 is 22.8 Å². The zero-order chi connectivity index (χ0) is 12.8. The monoisotopic (exact) mass is 246 g/mol. The summed E-state index contributed by atoms with van der Waals surface area (Å²) in [5.74, 6) is -0.0852. The normalized spacial score (nSPS) is 16.7. The Hall–Kier alpha value is -2.04. The van der Waals surface area contributed by atoms with Gasteiger partial charge in [-0.15, -0.1) is 0 Å². The fraction of sp³-hybridized carbons (Fsp3) is 0.385. The number of aryl methyl sites for hydroxylation is 1. The minimum atomic E-state index is -0.716. The van der Waals surface area contributed by atoms with E-state index in [-0.39, 0.29) is 0 Å². The molecule has 1 aromatic heterocycles. The van der Waals surface area contributed by atoms with Gasteiger partial charge >= 0.3 is 5.97 Å². The maximum Gasteiger partial charge on any atom is 0.311 e. The molecule has 0 unspecified atom stereocenters. The van der Waals surface area contributed by atoms with Gasteiger partial charge in [0.1, 0.15) is 5.52 Å². The van der Waals surface area contributed by atoms with Gasteiger partial charge in [-0.2, -0.15) is 0 Å². The lowest BCUT2D eigenvalue weighted by atomic mass is 10.1. The van der Waals surface area contributed by atoms with Crippen molar-refractivity contribution in [1.29, 1.82) is 0 Å². The molecule has 5 nitrogen and oxygen atoms in total. The number of nitrogens with zero attached hydrogens (tertiary/aromatic N) is 1. The number of fused-ring (bicyclic) bond motifs is 1. The van der Waals surface area contributed by atoms with E-state index in [1.807, 2.05) is 18.2 Å². The van der Waals surface area contributed by atoms with Crippen LogP contribution in [0.15, 0.2) is 22.6 Å². The average molecular weight is 246 g/mol. The van der Waals surface area contributed by atoms with Gasteiger partial charge in [0, 0.05) is 25.2 Å². The van der Waals surface area contributed by atoms with Crippen LogP contribution in [0.2, 0.25) is 0 Å². The van der Waals surface area contributed by atoms with E-state index in [9.17, 15) is 4.79 Å². The van der Waals surface area contributed by atoms with E-state index in [0.29, 0.717) is 12.4 Å². The third-order valence-electron chi connectivity index (χ3n) is 3.43. The Labute approximate surface area is 104 Å². The van der Waals surface area contributed by atoms with Crippen molar-refractivity contribution in [2.45, 2.75) is 19.8 Å². The molecule has 0 amide bonds. The summed E-state index contributed by atoms with van der Waals surface area (Å²) in [6, 6.07) is 5.62. The van der Waals surface area contributed by atoms with Crippen LogP contribution in [0.3, 0.4) is 0 Å². The van der Waals surface area contributed by atoms with Crippen molar-refractivity contribution in [3.8, 4) is 0 Å². The number of nitrogens with one attached hydrogen (secondary N) is 1. The first-order valence-electron chi connectivity index (χ1n) is 5.94. The molecule has 1 aliphatic carbocycles. The van der Waals surface area contributed by atoms with E-state index in [0.717, 1.165) is 29.6 Å². The van der Waals surface area contributed by atoms with Crippen LogP contribution in [0.25, 0.3) is 11.1 Å². The molecular weight excluding hydrogens is 232 g/mol. The summed E-state index contributed by atoms with van der Waals surface area (Å²) < 4.78 is 5.44. The summed E-state index contributed by atoms with van der Waals surface area (Å²) in [5, 5.41) is 12.2. The van der Waals surface area contributed by atoms with Gasteiger partial charge in [-0.25, -0.2) is 4.98 Å². The average Bonchev–Trinajstić information content (AvgIpc) is 3.03. The molecule has 1 aromatic carbocycles. The lowest BCUT2D eigenvalue weighted by Gasteiger charge is -2.11. The molecular formula is C13H14N2O3. The second kappa shape index (κ2) is 3.73. The van der Waals surface area contributed by atoms with E-state index in [4.69, 9.17) is 9.52 Å². The number of carbonyl (C=O) groups is 1. The van der Waals surface area contributed by atoms with Gasteiger partial charge < -0.3 is 14.8 Å². The van der Waals surface area contributed by atoms with E-state index in [2.05, 4.69) is 10.3 Å². The summed E-state index contributed by atoms with van der Waals surface area (Å²) in [6.45, 7) is 2.26. The Morgan fingerprint density at radius 1 is 1.56 bits per heavy atom. The fourth-order valence-corrected chi connectivity index (χ4v) is 2.04. The molecule has 0 radical (unpaired) electrons. The number of aliphatic carboxylic acids is 1. The first-order chi connectivity index (χ1) is 8.59. The summed E-state index contributed by atoms with van der Waals surface area (Å²) in [6.07, 6.45) is 1.50. The number of carboxylic acid groups (broad SMARTS) is 1. The molecule has 0 aliphatic heterocycles. The number of rotatable bonds is 4. The molecule has 0 saturated heterocycles. The maximum absolute atomic E-state index is 11.1. The number of carboxylic acids is 1. The smallest absolute Gasteiger partial charge is 0.311 e. The molecule has 5 heteroatoms. The Balaban J connectivity index is 1.77. The molecule has 1 heterocycles. The number of benzene rings is 1. The highest BCUT2D eigenvalue weighted by Crippen LogP contribution is 2.45. The van der Waals surface area contributed by atoms with Crippen LogP contribution in [0.5, 0.6) is 0 Å².